The van der Waals surface area contributed by atoms with Crippen LogP contribution in [0.4, 0.5) is 16.4 Å². The number of nitro groups is 1. The lowest BCUT2D eigenvalue weighted by molar-refractivity contribution is -0.380. The second-order valence-corrected chi connectivity index (χ2v) is 5.63. The van der Waals surface area contributed by atoms with Crippen LogP contribution in [0, 0.1) is 10.1 Å². The number of hydrogen-bond donors (Lipinski definition) is 1. The van der Waals surface area contributed by atoms with Gasteiger partial charge in [0.25, 0.3) is 5.91 Å². The standard InChI is InChI=1S/C15H17N3O3S/c1-3-17(4-2)12-7-5-11(6-8-12)16-15(19)13-9-10-14(22-13)18(20)21/h5-10H,3-4H2,1-2H3,(H,16,19). The smallest absolute Gasteiger partial charge is 0.324 e. The third-order valence-electron chi connectivity index (χ3n) is 3.25. The maximum Gasteiger partial charge on any atom is 0.324 e. The fourth-order valence-electron chi connectivity index (χ4n) is 2.08. The minimum atomic E-state index is -0.500. The van der Waals surface area contributed by atoms with Crippen molar-refractivity contribution in [3.05, 3.63) is 51.4 Å². The molecule has 7 heteroatoms. The first-order valence-corrected chi connectivity index (χ1v) is 7.77. The highest BCUT2D eigenvalue weighted by molar-refractivity contribution is 7.17. The van der Waals surface area contributed by atoms with E-state index in [-0.39, 0.29) is 10.9 Å². The summed E-state index contributed by atoms with van der Waals surface area (Å²) in [5, 5.41) is 13.3. The second kappa shape index (κ2) is 7.04. The highest BCUT2D eigenvalue weighted by Crippen LogP contribution is 2.25. The van der Waals surface area contributed by atoms with Crippen LogP contribution >= 0.6 is 11.3 Å². The van der Waals surface area contributed by atoms with Crippen LogP contribution in [0.25, 0.3) is 0 Å². The van der Waals surface area contributed by atoms with Crippen molar-refractivity contribution in [1.82, 2.24) is 0 Å². The predicted octanol–water partition coefficient (Wildman–Crippen LogP) is 3.75. The molecular formula is C15H17N3O3S. The summed E-state index contributed by atoms with van der Waals surface area (Å²) in [6, 6.07) is 10.3. The summed E-state index contributed by atoms with van der Waals surface area (Å²) < 4.78 is 0. The highest BCUT2D eigenvalue weighted by Gasteiger charge is 2.15. The lowest BCUT2D eigenvalue weighted by Crippen LogP contribution is -2.21. The third kappa shape index (κ3) is 3.62. The van der Waals surface area contributed by atoms with Gasteiger partial charge >= 0.3 is 5.00 Å². The van der Waals surface area contributed by atoms with Gasteiger partial charge in [0.05, 0.1) is 9.80 Å². The number of carbonyl (C=O) groups is 1. The summed E-state index contributed by atoms with van der Waals surface area (Å²) in [5.41, 5.74) is 1.76. The lowest BCUT2D eigenvalue weighted by atomic mass is 10.2. The molecule has 22 heavy (non-hydrogen) atoms. The SMILES string of the molecule is CCN(CC)c1ccc(NC(=O)c2ccc([N+](=O)[O-])s2)cc1. The van der Waals surface area contributed by atoms with Crippen LogP contribution in [-0.4, -0.2) is 23.9 Å². The summed E-state index contributed by atoms with van der Waals surface area (Å²) in [6.45, 7) is 6.01. The fraction of sp³-hybridized carbons (Fsp3) is 0.267. The highest BCUT2D eigenvalue weighted by atomic mass is 32.1. The van der Waals surface area contributed by atoms with Crippen LogP contribution in [0.3, 0.4) is 0 Å². The van der Waals surface area contributed by atoms with Gasteiger partial charge in [0, 0.05) is 30.5 Å². The Morgan fingerprint density at radius 2 is 1.82 bits per heavy atom. The molecule has 0 spiro atoms. The monoisotopic (exact) mass is 319 g/mol. The van der Waals surface area contributed by atoms with Crippen LogP contribution in [0.15, 0.2) is 36.4 Å². The van der Waals surface area contributed by atoms with Crippen molar-refractivity contribution in [3.63, 3.8) is 0 Å². The van der Waals surface area contributed by atoms with E-state index in [1.807, 2.05) is 24.3 Å². The number of amides is 1. The third-order valence-corrected chi connectivity index (χ3v) is 4.28. The Kier molecular flexibility index (Phi) is 5.11. The molecule has 0 fully saturated rings. The van der Waals surface area contributed by atoms with E-state index in [4.69, 9.17) is 0 Å². The number of hydrogen-bond acceptors (Lipinski definition) is 5. The minimum absolute atomic E-state index is 0.0398. The van der Waals surface area contributed by atoms with E-state index in [2.05, 4.69) is 24.1 Å². The summed E-state index contributed by atoms with van der Waals surface area (Å²) in [5.74, 6) is -0.339. The van der Waals surface area contributed by atoms with E-state index in [0.29, 0.717) is 10.6 Å². The van der Waals surface area contributed by atoms with Crippen molar-refractivity contribution in [2.24, 2.45) is 0 Å². The molecule has 0 aliphatic heterocycles. The Morgan fingerprint density at radius 3 is 2.32 bits per heavy atom. The van der Waals surface area contributed by atoms with Crippen LogP contribution in [-0.2, 0) is 0 Å². The zero-order chi connectivity index (χ0) is 16.1. The topological polar surface area (TPSA) is 75.5 Å². The molecule has 0 atom stereocenters. The average molecular weight is 319 g/mol. The van der Waals surface area contributed by atoms with Gasteiger partial charge in [-0.3, -0.25) is 14.9 Å². The average Bonchev–Trinajstić information content (AvgIpc) is 3.00. The first-order valence-electron chi connectivity index (χ1n) is 6.95. The molecule has 2 rings (SSSR count). The number of carbonyl (C=O) groups excluding carboxylic acids is 1. The normalized spacial score (nSPS) is 10.3. The van der Waals surface area contributed by atoms with Crippen LogP contribution in [0.5, 0.6) is 0 Å². The Hall–Kier alpha value is -2.41. The van der Waals surface area contributed by atoms with Crippen LogP contribution in [0.2, 0.25) is 0 Å². The van der Waals surface area contributed by atoms with Crippen molar-refractivity contribution < 1.29 is 9.72 Å². The summed E-state index contributed by atoms with van der Waals surface area (Å²) in [4.78, 5) is 24.7. The zero-order valence-electron chi connectivity index (χ0n) is 12.4. The maximum absolute atomic E-state index is 12.0. The molecule has 0 saturated carbocycles. The molecule has 2 aromatic rings. The molecule has 1 N–H and O–H groups in total. The van der Waals surface area contributed by atoms with Gasteiger partial charge in [-0.15, -0.1) is 0 Å². The molecule has 0 aliphatic rings. The summed E-state index contributed by atoms with van der Waals surface area (Å²) in [6.07, 6.45) is 0. The molecule has 1 amide bonds. The fourth-order valence-corrected chi connectivity index (χ4v) is 2.80. The van der Waals surface area contributed by atoms with Gasteiger partial charge < -0.3 is 10.2 Å². The number of anilines is 2. The molecule has 0 saturated heterocycles. The Morgan fingerprint density at radius 1 is 1.18 bits per heavy atom. The van der Waals surface area contributed by atoms with Crippen molar-refractivity contribution in [1.29, 1.82) is 0 Å². The molecule has 0 unspecified atom stereocenters. The van der Waals surface area contributed by atoms with Gasteiger partial charge in [-0.25, -0.2) is 0 Å². The van der Waals surface area contributed by atoms with E-state index in [0.717, 1.165) is 30.1 Å². The molecule has 1 heterocycles. The number of nitrogens with one attached hydrogen (secondary N) is 1. The lowest BCUT2D eigenvalue weighted by Gasteiger charge is -2.21. The molecule has 116 valence electrons. The molecule has 6 nitrogen and oxygen atoms in total. The number of nitrogens with zero attached hydrogens (tertiary/aromatic N) is 2. The first kappa shape index (κ1) is 16.0. The van der Waals surface area contributed by atoms with Gasteiger partial charge in [-0.05, 0) is 44.2 Å². The number of benzene rings is 1. The second-order valence-electron chi connectivity index (χ2n) is 4.57. The molecule has 0 radical (unpaired) electrons. The van der Waals surface area contributed by atoms with E-state index in [1.165, 1.54) is 12.1 Å². The van der Waals surface area contributed by atoms with E-state index in [1.54, 1.807) is 0 Å². The van der Waals surface area contributed by atoms with Gasteiger partial charge in [0.1, 0.15) is 0 Å². The number of thiophene rings is 1. The Balaban J connectivity index is 2.06. The maximum atomic E-state index is 12.0. The molecule has 1 aromatic heterocycles. The van der Waals surface area contributed by atoms with Crippen LogP contribution in [0.1, 0.15) is 23.5 Å². The summed E-state index contributed by atoms with van der Waals surface area (Å²) >= 11 is 0.864. The Bertz CT molecular complexity index is 663. The van der Waals surface area contributed by atoms with E-state index in [9.17, 15) is 14.9 Å². The van der Waals surface area contributed by atoms with Gasteiger partial charge in [-0.1, -0.05) is 11.3 Å². The number of rotatable bonds is 6. The van der Waals surface area contributed by atoms with Crippen molar-refractivity contribution >= 4 is 33.6 Å². The van der Waals surface area contributed by atoms with Crippen molar-refractivity contribution in [2.45, 2.75) is 13.8 Å². The van der Waals surface area contributed by atoms with E-state index < -0.39 is 4.92 Å². The minimum Gasteiger partial charge on any atom is -0.372 e. The first-order chi connectivity index (χ1) is 10.5. The molecule has 0 aliphatic carbocycles. The molecular weight excluding hydrogens is 302 g/mol. The predicted molar refractivity (Wildman–Crippen MR) is 88.9 cm³/mol. The Labute approximate surface area is 132 Å². The van der Waals surface area contributed by atoms with Gasteiger partial charge in [0.15, 0.2) is 0 Å². The van der Waals surface area contributed by atoms with Crippen molar-refractivity contribution in [3.8, 4) is 0 Å². The quantitative estimate of drug-likeness (QED) is 0.650. The largest absolute Gasteiger partial charge is 0.372 e. The van der Waals surface area contributed by atoms with Gasteiger partial charge in [0.2, 0.25) is 0 Å². The van der Waals surface area contributed by atoms with Crippen molar-refractivity contribution in [2.75, 3.05) is 23.3 Å². The molecule has 1 aromatic carbocycles. The zero-order valence-corrected chi connectivity index (χ0v) is 13.2. The summed E-state index contributed by atoms with van der Waals surface area (Å²) in [7, 11) is 0. The van der Waals surface area contributed by atoms with Crippen LogP contribution < -0.4 is 10.2 Å². The van der Waals surface area contributed by atoms with E-state index >= 15 is 0 Å². The molecule has 0 bridgehead atoms. The van der Waals surface area contributed by atoms with Gasteiger partial charge in [-0.2, -0.15) is 0 Å².